The number of aliphatic hydroxyl groups is 1. The molecular weight excluding hydrogens is 447 g/mol. The Labute approximate surface area is 172 Å². The van der Waals surface area contributed by atoms with Gasteiger partial charge in [0, 0.05) is 30.6 Å². The molecule has 0 amide bonds. The molecule has 1 saturated carbocycles. The van der Waals surface area contributed by atoms with Gasteiger partial charge < -0.3 is 20.6 Å². The summed E-state index contributed by atoms with van der Waals surface area (Å²) in [5.74, 6) is 1.51. The molecule has 1 aromatic heterocycles. The highest BCUT2D eigenvalue weighted by Gasteiger charge is 2.34. The van der Waals surface area contributed by atoms with Crippen LogP contribution in [0.1, 0.15) is 38.0 Å². The molecule has 0 bridgehead atoms. The lowest BCUT2D eigenvalue weighted by molar-refractivity contribution is 0.0711. The van der Waals surface area contributed by atoms with E-state index >= 15 is 0 Å². The fourth-order valence-corrected chi connectivity index (χ4v) is 4.06. The summed E-state index contributed by atoms with van der Waals surface area (Å²) in [6.45, 7) is 8.50. The van der Waals surface area contributed by atoms with Gasteiger partial charge in [0.25, 0.3) is 0 Å². The van der Waals surface area contributed by atoms with Gasteiger partial charge >= 0.3 is 0 Å². The number of halogens is 1. The summed E-state index contributed by atoms with van der Waals surface area (Å²) >= 11 is 1.57. The molecule has 1 saturated heterocycles. The zero-order valence-corrected chi connectivity index (χ0v) is 18.3. The molecule has 142 valence electrons. The lowest BCUT2D eigenvalue weighted by Gasteiger charge is -2.21. The number of likely N-dealkylation sites (tertiary alicyclic amines) is 1. The Kier molecular flexibility index (Phi) is 7.97. The highest BCUT2D eigenvalue weighted by atomic mass is 127. The van der Waals surface area contributed by atoms with Gasteiger partial charge in [-0.15, -0.1) is 35.3 Å². The molecule has 3 N–H and O–H groups in total. The second-order valence-electron chi connectivity index (χ2n) is 7.21. The highest BCUT2D eigenvalue weighted by molar-refractivity contribution is 14.0. The molecule has 1 aliphatic heterocycles. The largest absolute Gasteiger partial charge is 0.383 e. The van der Waals surface area contributed by atoms with Crippen LogP contribution in [0.2, 0.25) is 0 Å². The van der Waals surface area contributed by atoms with E-state index in [1.165, 1.54) is 32.4 Å². The lowest BCUT2D eigenvalue weighted by atomic mass is 10.1. The fraction of sp³-hybridized carbons (Fsp3) is 0.722. The molecule has 7 heteroatoms. The molecule has 0 spiro atoms. The zero-order valence-electron chi connectivity index (χ0n) is 15.2. The first-order valence-corrected chi connectivity index (χ1v) is 9.99. The number of thiophene rings is 1. The maximum atomic E-state index is 10.6. The van der Waals surface area contributed by atoms with Crippen molar-refractivity contribution in [2.24, 2.45) is 10.9 Å². The summed E-state index contributed by atoms with van der Waals surface area (Å²) in [7, 11) is 0. The predicted octanol–water partition coefficient (Wildman–Crippen LogP) is 2.61. The van der Waals surface area contributed by atoms with Crippen molar-refractivity contribution in [1.29, 1.82) is 0 Å². The van der Waals surface area contributed by atoms with Gasteiger partial charge in [-0.05, 0) is 57.0 Å². The average molecular weight is 478 g/mol. The van der Waals surface area contributed by atoms with Gasteiger partial charge in [0.05, 0.1) is 6.54 Å². The SMILES string of the molecule is CCNC(=NCC(C)(O)c1cccs1)NCC1CCN(C2CC2)C1.I. The van der Waals surface area contributed by atoms with Crippen molar-refractivity contribution in [3.63, 3.8) is 0 Å². The Morgan fingerprint density at radius 2 is 2.20 bits per heavy atom. The maximum Gasteiger partial charge on any atom is 0.191 e. The molecule has 1 aromatic rings. The minimum atomic E-state index is -0.910. The van der Waals surface area contributed by atoms with Crippen LogP contribution in [0.5, 0.6) is 0 Å². The first-order valence-electron chi connectivity index (χ1n) is 9.11. The van der Waals surface area contributed by atoms with Crippen molar-refractivity contribution >= 4 is 41.3 Å². The third kappa shape index (κ3) is 6.08. The Bertz CT molecular complexity index is 545. The second kappa shape index (κ2) is 9.53. The minimum absolute atomic E-state index is 0. The van der Waals surface area contributed by atoms with E-state index in [2.05, 4.69) is 27.4 Å². The predicted molar refractivity (Wildman–Crippen MR) is 116 cm³/mol. The van der Waals surface area contributed by atoms with Crippen LogP contribution in [0.15, 0.2) is 22.5 Å². The molecular formula is C18H31IN4OS. The van der Waals surface area contributed by atoms with Crippen molar-refractivity contribution in [3.05, 3.63) is 22.4 Å². The monoisotopic (exact) mass is 478 g/mol. The van der Waals surface area contributed by atoms with E-state index in [0.717, 1.165) is 30.0 Å². The topological polar surface area (TPSA) is 59.9 Å². The zero-order chi connectivity index (χ0) is 17.0. The summed E-state index contributed by atoms with van der Waals surface area (Å²) in [6.07, 6.45) is 4.06. The Morgan fingerprint density at radius 3 is 2.84 bits per heavy atom. The molecule has 2 heterocycles. The summed E-state index contributed by atoms with van der Waals surface area (Å²) in [5.41, 5.74) is -0.910. The smallest absolute Gasteiger partial charge is 0.191 e. The van der Waals surface area contributed by atoms with E-state index < -0.39 is 5.60 Å². The molecule has 5 nitrogen and oxygen atoms in total. The van der Waals surface area contributed by atoms with Crippen LogP contribution in [0.25, 0.3) is 0 Å². The molecule has 1 aliphatic carbocycles. The molecule has 0 radical (unpaired) electrons. The molecule has 2 unspecified atom stereocenters. The first kappa shape index (κ1) is 20.9. The van der Waals surface area contributed by atoms with Gasteiger partial charge in [0.15, 0.2) is 5.96 Å². The van der Waals surface area contributed by atoms with E-state index in [9.17, 15) is 5.11 Å². The van der Waals surface area contributed by atoms with E-state index in [-0.39, 0.29) is 24.0 Å². The van der Waals surface area contributed by atoms with Gasteiger partial charge in [-0.25, -0.2) is 4.99 Å². The molecule has 0 aromatic carbocycles. The molecule has 3 rings (SSSR count). The number of aliphatic imine (C=N–C) groups is 1. The minimum Gasteiger partial charge on any atom is -0.383 e. The summed E-state index contributed by atoms with van der Waals surface area (Å²) < 4.78 is 0. The first-order chi connectivity index (χ1) is 11.6. The third-order valence-corrected chi connectivity index (χ3v) is 6.00. The fourth-order valence-electron chi connectivity index (χ4n) is 3.28. The van der Waals surface area contributed by atoms with Crippen molar-refractivity contribution in [2.45, 2.75) is 44.8 Å². The lowest BCUT2D eigenvalue weighted by Crippen LogP contribution is -2.41. The normalized spacial score (nSPS) is 23.8. The number of rotatable bonds is 7. The van der Waals surface area contributed by atoms with Crippen LogP contribution in [-0.4, -0.2) is 54.7 Å². The van der Waals surface area contributed by atoms with Crippen LogP contribution >= 0.6 is 35.3 Å². The summed E-state index contributed by atoms with van der Waals surface area (Å²) in [5, 5.41) is 19.4. The molecule has 2 fully saturated rings. The van der Waals surface area contributed by atoms with Crippen molar-refractivity contribution in [3.8, 4) is 0 Å². The van der Waals surface area contributed by atoms with Crippen LogP contribution < -0.4 is 10.6 Å². The number of hydrogen-bond donors (Lipinski definition) is 3. The Morgan fingerprint density at radius 1 is 1.40 bits per heavy atom. The maximum absolute atomic E-state index is 10.6. The van der Waals surface area contributed by atoms with Crippen molar-refractivity contribution in [2.75, 3.05) is 32.7 Å². The van der Waals surface area contributed by atoms with Gasteiger partial charge in [-0.3, -0.25) is 0 Å². The second-order valence-corrected chi connectivity index (χ2v) is 8.16. The number of nitrogens with one attached hydrogen (secondary N) is 2. The number of hydrogen-bond acceptors (Lipinski definition) is 4. The molecule has 25 heavy (non-hydrogen) atoms. The molecule has 2 atom stereocenters. The summed E-state index contributed by atoms with van der Waals surface area (Å²) in [4.78, 5) is 8.20. The van der Waals surface area contributed by atoms with E-state index in [1.54, 1.807) is 11.3 Å². The number of nitrogens with zero attached hydrogens (tertiary/aromatic N) is 2. The molecule has 2 aliphatic rings. The Balaban J connectivity index is 0.00000225. The Hall–Kier alpha value is -0.380. The quantitative estimate of drug-likeness (QED) is 0.321. The summed E-state index contributed by atoms with van der Waals surface area (Å²) in [6, 6.07) is 4.80. The van der Waals surface area contributed by atoms with Crippen LogP contribution in [-0.2, 0) is 5.60 Å². The van der Waals surface area contributed by atoms with E-state index in [0.29, 0.717) is 12.5 Å². The van der Waals surface area contributed by atoms with Gasteiger partial charge in [-0.2, -0.15) is 0 Å². The van der Waals surface area contributed by atoms with Crippen LogP contribution in [0.3, 0.4) is 0 Å². The van der Waals surface area contributed by atoms with Crippen LogP contribution in [0, 0.1) is 5.92 Å². The van der Waals surface area contributed by atoms with E-state index in [4.69, 9.17) is 0 Å². The van der Waals surface area contributed by atoms with Crippen LogP contribution in [0.4, 0.5) is 0 Å². The third-order valence-electron chi connectivity index (χ3n) is 4.88. The standard InChI is InChI=1S/C18H30N4OS.HI/c1-3-19-17(21-13-18(2,23)16-5-4-10-24-16)20-11-14-8-9-22(12-14)15-6-7-15;/h4-5,10,14-15,23H,3,6-9,11-13H2,1-2H3,(H2,19,20,21);1H. The number of guanidine groups is 1. The highest BCUT2D eigenvalue weighted by Crippen LogP contribution is 2.31. The van der Waals surface area contributed by atoms with Gasteiger partial charge in [-0.1, -0.05) is 6.07 Å². The van der Waals surface area contributed by atoms with Gasteiger partial charge in [0.1, 0.15) is 5.60 Å². The van der Waals surface area contributed by atoms with E-state index in [1.807, 2.05) is 24.4 Å². The average Bonchev–Trinajstić information content (AvgIpc) is 3.07. The van der Waals surface area contributed by atoms with Crippen molar-refractivity contribution < 1.29 is 5.11 Å². The van der Waals surface area contributed by atoms with Gasteiger partial charge in [0.2, 0.25) is 0 Å². The van der Waals surface area contributed by atoms with Crippen molar-refractivity contribution in [1.82, 2.24) is 15.5 Å².